The first-order valence-electron chi connectivity index (χ1n) is 5.52. The van der Waals surface area contributed by atoms with Gasteiger partial charge in [-0.3, -0.25) is 4.98 Å². The smallest absolute Gasteiger partial charge is 0.0916 e. The maximum absolute atomic E-state index is 4.39. The Morgan fingerprint density at radius 1 is 1.31 bits per heavy atom. The van der Waals surface area contributed by atoms with Gasteiger partial charge in [-0.1, -0.05) is 24.3 Å². The van der Waals surface area contributed by atoms with Crippen LogP contribution in [0.5, 0.6) is 0 Å². The highest BCUT2D eigenvalue weighted by Gasteiger charge is 2.23. The van der Waals surface area contributed by atoms with Crippen molar-refractivity contribution in [3.63, 3.8) is 0 Å². The predicted molar refractivity (Wildman–Crippen MR) is 64.0 cm³/mol. The molecule has 0 fully saturated rings. The Morgan fingerprint density at radius 2 is 2.31 bits per heavy atom. The first-order chi connectivity index (χ1) is 7.93. The van der Waals surface area contributed by atoms with Gasteiger partial charge in [0.15, 0.2) is 0 Å². The lowest BCUT2D eigenvalue weighted by molar-refractivity contribution is 0.603. The minimum Gasteiger partial charge on any atom is -0.300 e. The van der Waals surface area contributed by atoms with Crippen LogP contribution in [0.25, 0.3) is 0 Å². The number of pyridine rings is 1. The zero-order chi connectivity index (χ0) is 10.8. The van der Waals surface area contributed by atoms with Crippen molar-refractivity contribution in [3.8, 4) is 0 Å². The summed E-state index contributed by atoms with van der Waals surface area (Å²) in [5.41, 5.74) is 6.71. The molecule has 0 saturated heterocycles. The number of hydrogen-bond donors (Lipinski definition) is 1. The van der Waals surface area contributed by atoms with Gasteiger partial charge >= 0.3 is 0 Å². The van der Waals surface area contributed by atoms with E-state index >= 15 is 0 Å². The summed E-state index contributed by atoms with van der Waals surface area (Å²) in [5.74, 6) is 0. The van der Waals surface area contributed by atoms with E-state index in [-0.39, 0.29) is 6.04 Å². The Labute approximate surface area is 94.6 Å². The van der Waals surface area contributed by atoms with Gasteiger partial charge in [0.05, 0.1) is 17.4 Å². The van der Waals surface area contributed by atoms with Gasteiger partial charge in [0, 0.05) is 12.6 Å². The Hall–Kier alpha value is -1.90. The minimum absolute atomic E-state index is 0.234. The normalized spacial score (nSPS) is 22.9. The zero-order valence-corrected chi connectivity index (χ0v) is 8.93. The van der Waals surface area contributed by atoms with E-state index < -0.39 is 0 Å². The standard InChI is InChI=1S/C13H13N3/c1-2-6-10(5-1)12-9-13(16-15-12)11-7-3-4-8-14-11/h1-5,7-8,13,16H,6,9H2. The number of nitrogens with one attached hydrogen (secondary N) is 1. The molecular formula is C13H13N3. The van der Waals surface area contributed by atoms with Crippen LogP contribution in [0.1, 0.15) is 24.6 Å². The molecule has 0 amide bonds. The van der Waals surface area contributed by atoms with Gasteiger partial charge in [-0.15, -0.1) is 0 Å². The van der Waals surface area contributed by atoms with E-state index in [1.165, 1.54) is 11.3 Å². The van der Waals surface area contributed by atoms with Crippen LogP contribution >= 0.6 is 0 Å². The molecule has 1 N–H and O–H groups in total. The number of allylic oxidation sites excluding steroid dienone is 4. The van der Waals surface area contributed by atoms with Gasteiger partial charge in [0.2, 0.25) is 0 Å². The maximum atomic E-state index is 4.39. The van der Waals surface area contributed by atoms with E-state index in [0.29, 0.717) is 0 Å². The molecular weight excluding hydrogens is 198 g/mol. The van der Waals surface area contributed by atoms with Crippen molar-refractivity contribution in [2.75, 3.05) is 0 Å². The van der Waals surface area contributed by atoms with Crippen molar-refractivity contribution in [2.45, 2.75) is 18.9 Å². The summed E-state index contributed by atoms with van der Waals surface area (Å²) in [5, 5.41) is 4.39. The molecule has 1 aliphatic heterocycles. The summed E-state index contributed by atoms with van der Waals surface area (Å²) in [6, 6.07) is 6.22. The number of nitrogens with zero attached hydrogens (tertiary/aromatic N) is 2. The first kappa shape index (κ1) is 9.33. The highest BCUT2D eigenvalue weighted by molar-refractivity contribution is 6.02. The minimum atomic E-state index is 0.234. The molecule has 0 spiro atoms. The molecule has 1 aromatic rings. The van der Waals surface area contributed by atoms with Crippen LogP contribution in [0.2, 0.25) is 0 Å². The third-order valence-corrected chi connectivity index (χ3v) is 2.94. The largest absolute Gasteiger partial charge is 0.300 e. The molecule has 2 heterocycles. The van der Waals surface area contributed by atoms with Gasteiger partial charge in [-0.2, -0.15) is 5.10 Å². The molecule has 0 aromatic carbocycles. The summed E-state index contributed by atoms with van der Waals surface area (Å²) >= 11 is 0. The van der Waals surface area contributed by atoms with Crippen LogP contribution in [-0.2, 0) is 0 Å². The quantitative estimate of drug-likeness (QED) is 0.815. The fraction of sp³-hybridized carbons (Fsp3) is 0.231. The van der Waals surface area contributed by atoms with Crippen molar-refractivity contribution in [3.05, 3.63) is 53.9 Å². The van der Waals surface area contributed by atoms with E-state index in [0.717, 1.165) is 18.5 Å². The summed E-state index contributed by atoms with van der Waals surface area (Å²) in [4.78, 5) is 4.35. The fourth-order valence-corrected chi connectivity index (χ4v) is 2.06. The third kappa shape index (κ3) is 1.65. The molecule has 0 radical (unpaired) electrons. The highest BCUT2D eigenvalue weighted by atomic mass is 15.3. The molecule has 2 aliphatic rings. The van der Waals surface area contributed by atoms with Crippen molar-refractivity contribution in [2.24, 2.45) is 5.10 Å². The van der Waals surface area contributed by atoms with E-state index in [4.69, 9.17) is 0 Å². The number of hydrogen-bond acceptors (Lipinski definition) is 3. The summed E-state index contributed by atoms with van der Waals surface area (Å²) in [6.45, 7) is 0. The average Bonchev–Trinajstić information content (AvgIpc) is 3.01. The lowest BCUT2D eigenvalue weighted by Gasteiger charge is -2.08. The molecule has 1 aliphatic carbocycles. The van der Waals surface area contributed by atoms with Crippen molar-refractivity contribution in [1.29, 1.82) is 0 Å². The molecule has 3 heteroatoms. The molecule has 0 bridgehead atoms. The Bertz CT molecular complexity index is 471. The SMILES string of the molecule is C1=CCC(C2=NNC(c3ccccn3)C2)=C1. The van der Waals surface area contributed by atoms with Crippen LogP contribution < -0.4 is 5.43 Å². The molecule has 16 heavy (non-hydrogen) atoms. The zero-order valence-electron chi connectivity index (χ0n) is 8.93. The van der Waals surface area contributed by atoms with Crippen molar-refractivity contribution >= 4 is 5.71 Å². The lowest BCUT2D eigenvalue weighted by Crippen LogP contribution is -2.11. The fourth-order valence-electron chi connectivity index (χ4n) is 2.06. The van der Waals surface area contributed by atoms with E-state index in [2.05, 4.69) is 33.7 Å². The first-order valence-corrected chi connectivity index (χ1v) is 5.52. The van der Waals surface area contributed by atoms with Crippen LogP contribution in [0.4, 0.5) is 0 Å². The second-order valence-corrected chi connectivity index (χ2v) is 4.02. The van der Waals surface area contributed by atoms with Crippen LogP contribution in [0.3, 0.4) is 0 Å². The second kappa shape index (κ2) is 3.93. The van der Waals surface area contributed by atoms with Crippen molar-refractivity contribution in [1.82, 2.24) is 10.4 Å². The predicted octanol–water partition coefficient (Wildman–Crippen LogP) is 2.36. The maximum Gasteiger partial charge on any atom is 0.0916 e. The molecule has 1 atom stereocenters. The molecule has 3 rings (SSSR count). The van der Waals surface area contributed by atoms with Crippen LogP contribution in [0, 0.1) is 0 Å². The Kier molecular flexibility index (Phi) is 2.29. The van der Waals surface area contributed by atoms with Crippen molar-refractivity contribution < 1.29 is 0 Å². The number of aromatic nitrogens is 1. The van der Waals surface area contributed by atoms with Crippen LogP contribution in [-0.4, -0.2) is 10.7 Å². The van der Waals surface area contributed by atoms with Gasteiger partial charge in [0.25, 0.3) is 0 Å². The Balaban J connectivity index is 1.72. The van der Waals surface area contributed by atoms with Gasteiger partial charge in [-0.25, -0.2) is 0 Å². The van der Waals surface area contributed by atoms with E-state index in [1.54, 1.807) is 0 Å². The molecule has 1 unspecified atom stereocenters. The summed E-state index contributed by atoms with van der Waals surface area (Å²) < 4.78 is 0. The van der Waals surface area contributed by atoms with E-state index in [9.17, 15) is 0 Å². The molecule has 80 valence electrons. The number of rotatable bonds is 2. The van der Waals surface area contributed by atoms with Gasteiger partial charge < -0.3 is 5.43 Å². The third-order valence-electron chi connectivity index (χ3n) is 2.94. The molecule has 3 nitrogen and oxygen atoms in total. The highest BCUT2D eigenvalue weighted by Crippen LogP contribution is 2.25. The van der Waals surface area contributed by atoms with Gasteiger partial charge in [-0.05, 0) is 24.1 Å². The average molecular weight is 211 g/mol. The molecule has 1 aromatic heterocycles. The van der Waals surface area contributed by atoms with Crippen LogP contribution in [0.15, 0.2) is 53.3 Å². The van der Waals surface area contributed by atoms with E-state index in [1.807, 2.05) is 24.4 Å². The monoisotopic (exact) mass is 211 g/mol. The topological polar surface area (TPSA) is 37.3 Å². The van der Waals surface area contributed by atoms with Gasteiger partial charge in [0.1, 0.15) is 0 Å². The summed E-state index contributed by atoms with van der Waals surface area (Å²) in [7, 11) is 0. The number of hydrazone groups is 1. The second-order valence-electron chi connectivity index (χ2n) is 4.02. The summed E-state index contributed by atoms with van der Waals surface area (Å²) in [6.07, 6.45) is 10.2. The Morgan fingerprint density at radius 3 is 3.06 bits per heavy atom. The molecule has 0 saturated carbocycles. The lowest BCUT2D eigenvalue weighted by atomic mass is 10.0.